The van der Waals surface area contributed by atoms with Crippen LogP contribution in [0.3, 0.4) is 0 Å². The Labute approximate surface area is 113 Å². The molecule has 1 N–H and O–H groups in total. The molecule has 4 heteroatoms. The summed E-state index contributed by atoms with van der Waals surface area (Å²) in [6.07, 6.45) is 5.20. The number of hydrogen-bond acceptors (Lipinski definition) is 2. The van der Waals surface area contributed by atoms with Crippen LogP contribution in [-0.2, 0) is 6.54 Å². The molecule has 2 rings (SSSR count). The van der Waals surface area contributed by atoms with E-state index in [-0.39, 0.29) is 5.75 Å². The van der Waals surface area contributed by atoms with Gasteiger partial charge < -0.3 is 10.1 Å². The topological polar surface area (TPSA) is 21.3 Å². The van der Waals surface area contributed by atoms with Crippen LogP contribution in [0, 0.1) is 5.41 Å². The van der Waals surface area contributed by atoms with Gasteiger partial charge in [0.25, 0.3) is 0 Å². The average Bonchev–Trinajstić information content (AvgIpc) is 2.34. The lowest BCUT2D eigenvalue weighted by Gasteiger charge is -2.41. The highest BCUT2D eigenvalue weighted by Crippen LogP contribution is 2.43. The maximum Gasteiger partial charge on any atom is 0.387 e. The third-order valence-corrected chi connectivity index (χ3v) is 4.14. The maximum atomic E-state index is 12.0. The van der Waals surface area contributed by atoms with E-state index in [4.69, 9.17) is 0 Å². The monoisotopic (exact) mass is 269 g/mol. The number of halogens is 2. The Bertz CT molecular complexity index is 382. The van der Waals surface area contributed by atoms with Gasteiger partial charge in [0, 0.05) is 13.1 Å². The van der Waals surface area contributed by atoms with Gasteiger partial charge in [0.05, 0.1) is 0 Å². The molecule has 0 aromatic heterocycles. The molecular weight excluding hydrogens is 248 g/mol. The Hall–Kier alpha value is -1.16. The van der Waals surface area contributed by atoms with Gasteiger partial charge in [-0.3, -0.25) is 0 Å². The van der Waals surface area contributed by atoms with Crippen molar-refractivity contribution in [2.24, 2.45) is 5.41 Å². The molecule has 1 aromatic rings. The third-order valence-electron chi connectivity index (χ3n) is 4.14. The van der Waals surface area contributed by atoms with Crippen LogP contribution in [0.4, 0.5) is 8.78 Å². The number of nitrogens with one attached hydrogen (secondary N) is 1. The van der Waals surface area contributed by atoms with Crippen molar-refractivity contribution in [1.82, 2.24) is 5.32 Å². The summed E-state index contributed by atoms with van der Waals surface area (Å²) in [4.78, 5) is 0. The number of benzene rings is 1. The number of rotatable bonds is 7. The molecule has 0 unspecified atom stereocenters. The van der Waals surface area contributed by atoms with Crippen LogP contribution >= 0.6 is 0 Å². The zero-order valence-electron chi connectivity index (χ0n) is 11.3. The summed E-state index contributed by atoms with van der Waals surface area (Å²) in [5.41, 5.74) is 1.59. The summed E-state index contributed by atoms with van der Waals surface area (Å²) in [7, 11) is 0. The first-order valence-electron chi connectivity index (χ1n) is 6.88. The molecule has 1 aromatic carbocycles. The minimum atomic E-state index is -2.76. The fourth-order valence-corrected chi connectivity index (χ4v) is 2.59. The standard InChI is InChI=1S/C15H21F2NO/c1-2-15(8-3-9-15)11-18-10-12-4-6-13(7-5-12)19-14(16)17/h4-7,14,18H,2-3,8-11H2,1H3. The minimum Gasteiger partial charge on any atom is -0.435 e. The van der Waals surface area contributed by atoms with Crippen molar-refractivity contribution in [1.29, 1.82) is 0 Å². The van der Waals surface area contributed by atoms with Crippen molar-refractivity contribution in [2.45, 2.75) is 45.8 Å². The second-order valence-corrected chi connectivity index (χ2v) is 5.33. The highest BCUT2D eigenvalue weighted by atomic mass is 19.3. The SMILES string of the molecule is CCC1(CNCc2ccc(OC(F)F)cc2)CCC1. The van der Waals surface area contributed by atoms with E-state index in [2.05, 4.69) is 17.0 Å². The van der Waals surface area contributed by atoms with Gasteiger partial charge in [0.1, 0.15) is 5.75 Å². The van der Waals surface area contributed by atoms with Crippen LogP contribution < -0.4 is 10.1 Å². The van der Waals surface area contributed by atoms with Crippen LogP contribution in [0.1, 0.15) is 38.2 Å². The summed E-state index contributed by atoms with van der Waals surface area (Å²) in [6, 6.07) is 6.82. The molecule has 19 heavy (non-hydrogen) atoms. The minimum absolute atomic E-state index is 0.211. The highest BCUT2D eigenvalue weighted by molar-refractivity contribution is 5.27. The van der Waals surface area contributed by atoms with Crippen LogP contribution in [0.25, 0.3) is 0 Å². The van der Waals surface area contributed by atoms with Crippen molar-refractivity contribution in [3.63, 3.8) is 0 Å². The second kappa shape index (κ2) is 6.33. The van der Waals surface area contributed by atoms with E-state index in [9.17, 15) is 8.78 Å². The Morgan fingerprint density at radius 2 is 1.95 bits per heavy atom. The molecule has 1 aliphatic rings. The van der Waals surface area contributed by atoms with Crippen molar-refractivity contribution in [2.75, 3.05) is 6.54 Å². The Morgan fingerprint density at radius 1 is 1.26 bits per heavy atom. The Balaban J connectivity index is 1.76. The van der Waals surface area contributed by atoms with Crippen molar-refractivity contribution in [3.05, 3.63) is 29.8 Å². The van der Waals surface area contributed by atoms with Crippen molar-refractivity contribution < 1.29 is 13.5 Å². The quantitative estimate of drug-likeness (QED) is 0.809. The smallest absolute Gasteiger partial charge is 0.387 e. The van der Waals surface area contributed by atoms with Gasteiger partial charge in [-0.2, -0.15) is 8.78 Å². The van der Waals surface area contributed by atoms with Gasteiger partial charge in [-0.05, 0) is 42.4 Å². The third kappa shape index (κ3) is 3.90. The van der Waals surface area contributed by atoms with Crippen LogP contribution in [-0.4, -0.2) is 13.2 Å². The molecule has 106 valence electrons. The predicted octanol–water partition coefficient (Wildman–Crippen LogP) is 3.96. The first-order chi connectivity index (χ1) is 9.13. The van der Waals surface area contributed by atoms with Gasteiger partial charge in [0.15, 0.2) is 0 Å². The zero-order valence-corrected chi connectivity index (χ0v) is 11.3. The van der Waals surface area contributed by atoms with Crippen LogP contribution in [0.5, 0.6) is 5.75 Å². The molecule has 1 fully saturated rings. The largest absolute Gasteiger partial charge is 0.435 e. The Morgan fingerprint density at radius 3 is 2.42 bits per heavy atom. The Kier molecular flexibility index (Phi) is 4.75. The van der Waals surface area contributed by atoms with E-state index in [0.717, 1.165) is 18.7 Å². The first-order valence-corrected chi connectivity index (χ1v) is 6.88. The average molecular weight is 269 g/mol. The van der Waals surface area contributed by atoms with E-state index in [0.29, 0.717) is 5.41 Å². The molecule has 0 aliphatic heterocycles. The fourth-order valence-electron chi connectivity index (χ4n) is 2.59. The normalized spacial score (nSPS) is 17.3. The molecule has 2 nitrogen and oxygen atoms in total. The molecule has 0 atom stereocenters. The molecule has 0 bridgehead atoms. The van der Waals surface area contributed by atoms with Crippen molar-refractivity contribution in [3.8, 4) is 5.75 Å². The summed E-state index contributed by atoms with van der Waals surface area (Å²) >= 11 is 0. The van der Waals surface area contributed by atoms with Gasteiger partial charge in [-0.1, -0.05) is 25.5 Å². The zero-order chi connectivity index (χ0) is 13.7. The molecule has 0 saturated heterocycles. The molecular formula is C15H21F2NO. The van der Waals surface area contributed by atoms with E-state index in [1.807, 2.05) is 12.1 Å². The van der Waals surface area contributed by atoms with E-state index in [1.54, 1.807) is 12.1 Å². The fraction of sp³-hybridized carbons (Fsp3) is 0.600. The van der Waals surface area contributed by atoms with E-state index in [1.165, 1.54) is 25.7 Å². The molecule has 1 saturated carbocycles. The molecule has 0 heterocycles. The maximum absolute atomic E-state index is 12.0. The van der Waals surface area contributed by atoms with Crippen LogP contribution in [0.2, 0.25) is 0 Å². The highest BCUT2D eigenvalue weighted by Gasteiger charge is 2.34. The molecule has 0 radical (unpaired) electrons. The van der Waals surface area contributed by atoms with E-state index < -0.39 is 6.61 Å². The summed E-state index contributed by atoms with van der Waals surface area (Å²) < 4.78 is 28.3. The predicted molar refractivity (Wildman–Crippen MR) is 71.4 cm³/mol. The number of ether oxygens (including phenoxy) is 1. The first kappa shape index (κ1) is 14.3. The van der Waals surface area contributed by atoms with E-state index >= 15 is 0 Å². The van der Waals surface area contributed by atoms with Gasteiger partial charge in [-0.15, -0.1) is 0 Å². The number of hydrogen-bond donors (Lipinski definition) is 1. The summed E-state index contributed by atoms with van der Waals surface area (Å²) in [5.74, 6) is 0.211. The molecule has 0 amide bonds. The second-order valence-electron chi connectivity index (χ2n) is 5.33. The van der Waals surface area contributed by atoms with Crippen molar-refractivity contribution >= 4 is 0 Å². The lowest BCUT2D eigenvalue weighted by atomic mass is 9.67. The van der Waals surface area contributed by atoms with Gasteiger partial charge in [0.2, 0.25) is 0 Å². The lowest BCUT2D eigenvalue weighted by Crippen LogP contribution is -2.39. The van der Waals surface area contributed by atoms with Gasteiger partial charge in [-0.25, -0.2) is 0 Å². The lowest BCUT2D eigenvalue weighted by molar-refractivity contribution is -0.0498. The number of alkyl halides is 2. The van der Waals surface area contributed by atoms with Crippen LogP contribution in [0.15, 0.2) is 24.3 Å². The summed E-state index contributed by atoms with van der Waals surface area (Å²) in [5, 5.41) is 3.47. The summed E-state index contributed by atoms with van der Waals surface area (Å²) in [6.45, 7) is 1.30. The molecule has 1 aliphatic carbocycles. The van der Waals surface area contributed by atoms with Gasteiger partial charge >= 0.3 is 6.61 Å². The molecule has 0 spiro atoms.